The fourth-order valence-corrected chi connectivity index (χ4v) is 4.00. The number of sulfonamides is 1. The molecule has 0 aliphatic carbocycles. The van der Waals surface area contributed by atoms with Gasteiger partial charge < -0.3 is 4.74 Å². The highest BCUT2D eigenvalue weighted by molar-refractivity contribution is 7.89. The second-order valence-corrected chi connectivity index (χ2v) is 7.36. The van der Waals surface area contributed by atoms with Crippen LogP contribution in [-0.4, -0.2) is 31.8 Å². The molecular formula is C15H17F2N3O3S. The Kier molecular flexibility index (Phi) is 4.93. The normalized spacial score (nSPS) is 21.8. The van der Waals surface area contributed by atoms with Gasteiger partial charge in [0.1, 0.15) is 4.90 Å². The molecule has 0 amide bonds. The fraction of sp³-hybridized carbons (Fsp3) is 0.400. The first-order valence-electron chi connectivity index (χ1n) is 7.53. The zero-order valence-electron chi connectivity index (χ0n) is 12.7. The lowest BCUT2D eigenvalue weighted by atomic mass is 9.91. The van der Waals surface area contributed by atoms with Crippen molar-refractivity contribution < 1.29 is 21.9 Å². The van der Waals surface area contributed by atoms with Crippen molar-refractivity contribution >= 4 is 10.0 Å². The van der Waals surface area contributed by atoms with E-state index in [4.69, 9.17) is 4.74 Å². The van der Waals surface area contributed by atoms with E-state index in [2.05, 4.69) is 14.9 Å². The second kappa shape index (κ2) is 6.96. The van der Waals surface area contributed by atoms with E-state index < -0.39 is 26.6 Å². The van der Waals surface area contributed by atoms with Crippen molar-refractivity contribution in [3.8, 4) is 0 Å². The number of benzene rings is 1. The summed E-state index contributed by atoms with van der Waals surface area (Å²) in [6, 6.07) is 3.06. The average Bonchev–Trinajstić information content (AvgIpc) is 3.10. The summed E-state index contributed by atoms with van der Waals surface area (Å²) in [6.45, 7) is 0.645. The molecule has 9 heteroatoms. The Labute approximate surface area is 138 Å². The van der Waals surface area contributed by atoms with Gasteiger partial charge in [0.15, 0.2) is 11.6 Å². The van der Waals surface area contributed by atoms with E-state index in [9.17, 15) is 17.2 Å². The highest BCUT2D eigenvalue weighted by Gasteiger charge is 2.30. The molecule has 1 fully saturated rings. The van der Waals surface area contributed by atoms with Crippen molar-refractivity contribution in [3.05, 3.63) is 47.8 Å². The lowest BCUT2D eigenvalue weighted by Crippen LogP contribution is -2.35. The number of hydrogen-bond acceptors (Lipinski definition) is 4. The van der Waals surface area contributed by atoms with Crippen LogP contribution < -0.4 is 4.72 Å². The number of aromatic nitrogens is 2. The number of H-pyrrole nitrogens is 1. The first-order chi connectivity index (χ1) is 11.5. The van der Waals surface area contributed by atoms with E-state index in [-0.39, 0.29) is 18.6 Å². The lowest BCUT2D eigenvalue weighted by molar-refractivity contribution is -0.0262. The zero-order valence-corrected chi connectivity index (χ0v) is 13.5. The standard InChI is InChI=1S/C15H17F2N3O3S/c16-12-4-1-5-13(14(12)17)24(21,22)20-9-10-3-2-6-23-15(10)11-7-18-19-8-11/h1,4-5,7-8,10,15,20H,2-3,6,9H2,(H,18,19)/t10-,15+/m0/s1. The van der Waals surface area contributed by atoms with E-state index in [0.29, 0.717) is 6.61 Å². The summed E-state index contributed by atoms with van der Waals surface area (Å²) in [6.07, 6.45) is 4.59. The van der Waals surface area contributed by atoms with Crippen molar-refractivity contribution in [3.63, 3.8) is 0 Å². The monoisotopic (exact) mass is 357 g/mol. The van der Waals surface area contributed by atoms with Gasteiger partial charge in [-0.05, 0) is 25.0 Å². The summed E-state index contributed by atoms with van der Waals surface area (Å²) >= 11 is 0. The molecule has 1 aromatic carbocycles. The molecule has 2 aromatic rings. The molecule has 1 saturated heterocycles. The molecule has 3 rings (SSSR count). The number of rotatable bonds is 5. The molecule has 0 radical (unpaired) electrons. The van der Waals surface area contributed by atoms with Crippen LogP contribution in [0.4, 0.5) is 8.78 Å². The fourth-order valence-electron chi connectivity index (χ4n) is 2.82. The van der Waals surface area contributed by atoms with Gasteiger partial charge in [-0.2, -0.15) is 5.10 Å². The number of hydrogen-bond donors (Lipinski definition) is 2. The van der Waals surface area contributed by atoms with Crippen LogP contribution in [0.2, 0.25) is 0 Å². The lowest BCUT2D eigenvalue weighted by Gasteiger charge is -2.31. The molecule has 2 heterocycles. The number of ether oxygens (including phenoxy) is 1. The molecule has 1 aliphatic heterocycles. The molecule has 0 saturated carbocycles. The minimum atomic E-state index is -4.15. The molecular weight excluding hydrogens is 340 g/mol. The Hall–Kier alpha value is -1.84. The van der Waals surface area contributed by atoms with Gasteiger partial charge in [-0.3, -0.25) is 5.10 Å². The molecule has 1 aromatic heterocycles. The Bertz CT molecular complexity index is 796. The van der Waals surface area contributed by atoms with Gasteiger partial charge in [-0.1, -0.05) is 6.07 Å². The van der Waals surface area contributed by atoms with E-state index in [0.717, 1.165) is 36.6 Å². The van der Waals surface area contributed by atoms with Crippen LogP contribution in [-0.2, 0) is 14.8 Å². The van der Waals surface area contributed by atoms with Gasteiger partial charge in [0.05, 0.1) is 12.3 Å². The van der Waals surface area contributed by atoms with Gasteiger partial charge >= 0.3 is 0 Å². The highest BCUT2D eigenvalue weighted by atomic mass is 32.2. The molecule has 0 unspecified atom stereocenters. The summed E-state index contributed by atoms with van der Waals surface area (Å²) in [5.74, 6) is -2.70. The molecule has 130 valence electrons. The van der Waals surface area contributed by atoms with Crippen molar-refractivity contribution in [2.24, 2.45) is 5.92 Å². The van der Waals surface area contributed by atoms with Crippen molar-refractivity contribution in [2.45, 2.75) is 23.8 Å². The Morgan fingerprint density at radius 3 is 2.96 bits per heavy atom. The molecule has 2 N–H and O–H groups in total. The Balaban J connectivity index is 1.74. The third-order valence-electron chi connectivity index (χ3n) is 4.03. The van der Waals surface area contributed by atoms with E-state index in [1.54, 1.807) is 12.4 Å². The zero-order chi connectivity index (χ0) is 17.2. The largest absolute Gasteiger partial charge is 0.373 e. The predicted molar refractivity (Wildman–Crippen MR) is 81.6 cm³/mol. The molecule has 1 aliphatic rings. The van der Waals surface area contributed by atoms with Crippen LogP contribution in [0.5, 0.6) is 0 Å². The summed E-state index contributed by atoms with van der Waals surface area (Å²) in [5.41, 5.74) is 0.829. The van der Waals surface area contributed by atoms with Gasteiger partial charge in [-0.15, -0.1) is 0 Å². The summed E-state index contributed by atoms with van der Waals surface area (Å²) < 4.78 is 59.6. The minimum Gasteiger partial charge on any atom is -0.373 e. The first-order valence-corrected chi connectivity index (χ1v) is 9.01. The third kappa shape index (κ3) is 3.47. The van der Waals surface area contributed by atoms with E-state index in [1.807, 2.05) is 0 Å². The van der Waals surface area contributed by atoms with Crippen molar-refractivity contribution in [1.82, 2.24) is 14.9 Å². The molecule has 6 nitrogen and oxygen atoms in total. The van der Waals surface area contributed by atoms with Gasteiger partial charge in [-0.25, -0.2) is 21.9 Å². The van der Waals surface area contributed by atoms with Crippen LogP contribution in [0, 0.1) is 17.6 Å². The van der Waals surface area contributed by atoms with Gasteiger partial charge in [0.25, 0.3) is 0 Å². The number of nitrogens with one attached hydrogen (secondary N) is 2. The van der Waals surface area contributed by atoms with Crippen LogP contribution in [0.3, 0.4) is 0 Å². The van der Waals surface area contributed by atoms with E-state index in [1.165, 1.54) is 0 Å². The number of halogens is 2. The maximum absolute atomic E-state index is 13.7. The highest BCUT2D eigenvalue weighted by Crippen LogP contribution is 2.33. The van der Waals surface area contributed by atoms with Gasteiger partial charge in [0.2, 0.25) is 10.0 Å². The van der Waals surface area contributed by atoms with Crippen LogP contribution in [0.1, 0.15) is 24.5 Å². The maximum Gasteiger partial charge on any atom is 0.243 e. The predicted octanol–water partition coefficient (Wildman–Crippen LogP) is 2.13. The Morgan fingerprint density at radius 2 is 2.21 bits per heavy atom. The number of aromatic amines is 1. The van der Waals surface area contributed by atoms with Gasteiger partial charge in [0, 0.05) is 30.8 Å². The second-order valence-electron chi connectivity index (χ2n) is 5.63. The maximum atomic E-state index is 13.7. The quantitative estimate of drug-likeness (QED) is 0.859. The topological polar surface area (TPSA) is 84.1 Å². The summed E-state index contributed by atoms with van der Waals surface area (Å²) in [4.78, 5) is -0.695. The van der Waals surface area contributed by atoms with Crippen LogP contribution in [0.25, 0.3) is 0 Å². The van der Waals surface area contributed by atoms with Crippen molar-refractivity contribution in [2.75, 3.05) is 13.2 Å². The average molecular weight is 357 g/mol. The molecule has 0 bridgehead atoms. The smallest absolute Gasteiger partial charge is 0.243 e. The minimum absolute atomic E-state index is 0.0636. The van der Waals surface area contributed by atoms with Crippen LogP contribution in [0.15, 0.2) is 35.5 Å². The SMILES string of the molecule is O=S(=O)(NC[C@@H]1CCCO[C@H]1c1cn[nH]c1)c1cccc(F)c1F. The van der Waals surface area contributed by atoms with Crippen molar-refractivity contribution in [1.29, 1.82) is 0 Å². The summed E-state index contributed by atoms with van der Waals surface area (Å²) in [5, 5.41) is 6.57. The van der Waals surface area contributed by atoms with E-state index >= 15 is 0 Å². The molecule has 24 heavy (non-hydrogen) atoms. The summed E-state index contributed by atoms with van der Waals surface area (Å²) in [7, 11) is -4.15. The third-order valence-corrected chi connectivity index (χ3v) is 5.47. The Morgan fingerprint density at radius 1 is 1.38 bits per heavy atom. The number of nitrogens with zero attached hydrogens (tertiary/aromatic N) is 1. The molecule has 0 spiro atoms. The first kappa shape index (κ1) is 17.0. The molecule has 2 atom stereocenters. The van der Waals surface area contributed by atoms with Crippen LogP contribution >= 0.6 is 0 Å².